The molecule has 8 nitrogen and oxygen atoms in total. The lowest BCUT2D eigenvalue weighted by molar-refractivity contribution is -0.670. The number of carbonyl (C=O) groups excluding carboxylic acids is 1. The second kappa shape index (κ2) is 6.75. The number of rotatable bonds is 5. The molecule has 0 unspecified atom stereocenters. The van der Waals surface area contributed by atoms with Crippen molar-refractivity contribution in [3.63, 3.8) is 0 Å². The number of hydrogen-bond acceptors (Lipinski definition) is 6. The van der Waals surface area contributed by atoms with Crippen LogP contribution in [0.5, 0.6) is 5.95 Å². The van der Waals surface area contributed by atoms with Crippen LogP contribution in [0.25, 0.3) is 11.8 Å². The molecule has 0 radical (unpaired) electrons. The van der Waals surface area contributed by atoms with Gasteiger partial charge in [0.1, 0.15) is 5.95 Å². The van der Waals surface area contributed by atoms with Crippen LogP contribution in [0.2, 0.25) is 0 Å². The van der Waals surface area contributed by atoms with Crippen molar-refractivity contribution in [2.45, 2.75) is 0 Å². The standard InChI is InChI=1S/C17H11N3O5/c21-16(9-4-12-2-1-3-15(10-12)20(23)24)13-5-7-14(8-6-13)19-11-17(22)25-18-19/h1-11H/b9-4+. The van der Waals surface area contributed by atoms with Gasteiger partial charge in [0.05, 0.1) is 10.2 Å². The predicted octanol–water partition coefficient (Wildman–Crippen LogP) is 1.83. The monoisotopic (exact) mass is 337 g/mol. The zero-order valence-corrected chi connectivity index (χ0v) is 12.7. The zero-order chi connectivity index (χ0) is 17.8. The van der Waals surface area contributed by atoms with Crippen LogP contribution in [0.4, 0.5) is 5.69 Å². The predicted molar refractivity (Wildman–Crippen MR) is 83.9 cm³/mol. The SMILES string of the molecule is O=C(/C=C/c1cccc([N+](=O)[O-])c1)c1ccc(-[n+]2cc([O-])on2)cc1. The number of allylic oxidation sites excluding steroid dienone is 1. The molecule has 0 bridgehead atoms. The summed E-state index contributed by atoms with van der Waals surface area (Å²) in [5.74, 6) is -0.826. The quantitative estimate of drug-likeness (QED) is 0.231. The zero-order valence-electron chi connectivity index (χ0n) is 12.7. The molecular weight excluding hydrogens is 326 g/mol. The van der Waals surface area contributed by atoms with E-state index in [2.05, 4.69) is 9.79 Å². The van der Waals surface area contributed by atoms with E-state index >= 15 is 0 Å². The molecular formula is C17H11N3O5. The third kappa shape index (κ3) is 3.75. The number of nitro groups is 1. The number of ketones is 1. The second-order valence-electron chi connectivity index (χ2n) is 5.06. The summed E-state index contributed by atoms with van der Waals surface area (Å²) in [5.41, 5.74) is 1.52. The molecule has 2 aromatic carbocycles. The van der Waals surface area contributed by atoms with E-state index in [4.69, 9.17) is 0 Å². The molecule has 0 aliphatic rings. The highest BCUT2D eigenvalue weighted by molar-refractivity contribution is 6.06. The third-order valence-electron chi connectivity index (χ3n) is 3.37. The minimum atomic E-state index is -0.569. The molecule has 124 valence electrons. The number of non-ortho nitro benzene ring substituents is 1. The molecule has 0 saturated heterocycles. The first-order chi connectivity index (χ1) is 12.0. The summed E-state index contributed by atoms with van der Waals surface area (Å²) >= 11 is 0. The Morgan fingerprint density at radius 3 is 2.60 bits per heavy atom. The molecule has 0 N–H and O–H groups in total. The average molecular weight is 337 g/mol. The second-order valence-corrected chi connectivity index (χ2v) is 5.06. The molecule has 0 amide bonds. The Morgan fingerprint density at radius 2 is 1.96 bits per heavy atom. The number of carbonyl (C=O) groups is 1. The van der Waals surface area contributed by atoms with Gasteiger partial charge in [-0.05, 0) is 28.5 Å². The molecule has 3 aromatic rings. The molecule has 3 rings (SSSR count). The Bertz CT molecular complexity index is 960. The smallest absolute Gasteiger partial charge is 0.270 e. The lowest BCUT2D eigenvalue weighted by Gasteiger charge is -1.96. The molecule has 0 aliphatic carbocycles. The van der Waals surface area contributed by atoms with Gasteiger partial charge < -0.3 is 9.63 Å². The fraction of sp³-hybridized carbons (Fsp3) is 0. The van der Waals surface area contributed by atoms with E-state index in [0.717, 1.165) is 0 Å². The fourth-order valence-corrected chi connectivity index (χ4v) is 2.14. The Hall–Kier alpha value is -3.81. The largest absolute Gasteiger partial charge is 0.539 e. The summed E-state index contributed by atoms with van der Waals surface area (Å²) in [7, 11) is 0. The molecule has 0 fully saturated rings. The van der Waals surface area contributed by atoms with Gasteiger partial charge >= 0.3 is 0 Å². The van der Waals surface area contributed by atoms with E-state index in [9.17, 15) is 20.0 Å². The molecule has 0 atom stereocenters. The van der Waals surface area contributed by atoms with Crippen molar-refractivity contribution < 1.29 is 24.0 Å². The van der Waals surface area contributed by atoms with Crippen molar-refractivity contribution in [3.05, 3.63) is 82.0 Å². The highest BCUT2D eigenvalue weighted by Gasteiger charge is 2.10. The van der Waals surface area contributed by atoms with Crippen molar-refractivity contribution in [1.82, 2.24) is 5.27 Å². The molecule has 1 heterocycles. The van der Waals surface area contributed by atoms with Crippen LogP contribution in [0.15, 0.2) is 65.3 Å². The van der Waals surface area contributed by atoms with Gasteiger partial charge in [0.25, 0.3) is 5.69 Å². The van der Waals surface area contributed by atoms with Gasteiger partial charge in [-0.2, -0.15) is 0 Å². The molecule has 0 aliphatic heterocycles. The highest BCUT2D eigenvalue weighted by atomic mass is 16.6. The van der Waals surface area contributed by atoms with Crippen molar-refractivity contribution in [2.75, 3.05) is 0 Å². The lowest BCUT2D eigenvalue weighted by atomic mass is 10.1. The van der Waals surface area contributed by atoms with E-state index in [0.29, 0.717) is 16.8 Å². The van der Waals surface area contributed by atoms with E-state index in [1.807, 2.05) is 0 Å². The first kappa shape index (κ1) is 16.1. The number of aromatic nitrogens is 2. The summed E-state index contributed by atoms with van der Waals surface area (Å²) in [4.78, 5) is 22.4. The van der Waals surface area contributed by atoms with E-state index in [-0.39, 0.29) is 11.5 Å². The molecule has 8 heteroatoms. The summed E-state index contributed by atoms with van der Waals surface area (Å²) < 4.78 is 5.70. The van der Waals surface area contributed by atoms with Crippen LogP contribution in [0.1, 0.15) is 15.9 Å². The third-order valence-corrected chi connectivity index (χ3v) is 3.37. The summed E-state index contributed by atoms with van der Waals surface area (Å²) in [6.45, 7) is 0. The van der Waals surface area contributed by atoms with Crippen molar-refractivity contribution in [3.8, 4) is 11.6 Å². The summed E-state index contributed by atoms with van der Waals surface area (Å²) in [6, 6.07) is 12.4. The van der Waals surface area contributed by atoms with Crippen molar-refractivity contribution >= 4 is 17.5 Å². The first-order valence-corrected chi connectivity index (χ1v) is 7.16. The van der Waals surface area contributed by atoms with E-state index < -0.39 is 10.9 Å². The summed E-state index contributed by atoms with van der Waals surface area (Å²) in [5, 5.41) is 25.2. The van der Waals surface area contributed by atoms with Crippen LogP contribution >= 0.6 is 0 Å². The van der Waals surface area contributed by atoms with E-state index in [1.165, 1.54) is 35.2 Å². The normalized spacial score (nSPS) is 10.9. The summed E-state index contributed by atoms with van der Waals surface area (Å²) in [6.07, 6.45) is 4.03. The Balaban J connectivity index is 1.75. The average Bonchev–Trinajstić information content (AvgIpc) is 3.06. The highest BCUT2D eigenvalue weighted by Crippen LogP contribution is 2.15. The van der Waals surface area contributed by atoms with Gasteiger partial charge in [-0.15, -0.1) is 0 Å². The van der Waals surface area contributed by atoms with Gasteiger partial charge in [0.15, 0.2) is 5.78 Å². The molecule has 0 spiro atoms. The Kier molecular flexibility index (Phi) is 4.34. The van der Waals surface area contributed by atoms with Crippen LogP contribution < -0.4 is 9.79 Å². The van der Waals surface area contributed by atoms with Crippen LogP contribution in [0, 0.1) is 10.1 Å². The van der Waals surface area contributed by atoms with Crippen molar-refractivity contribution in [2.24, 2.45) is 0 Å². The molecule has 0 saturated carbocycles. The maximum absolute atomic E-state index is 12.2. The molecule has 1 aromatic heterocycles. The fourth-order valence-electron chi connectivity index (χ4n) is 2.14. The maximum Gasteiger partial charge on any atom is 0.270 e. The number of hydrogen-bond donors (Lipinski definition) is 0. The molecule has 25 heavy (non-hydrogen) atoms. The number of nitro benzene ring substituents is 1. The van der Waals surface area contributed by atoms with Gasteiger partial charge in [0.2, 0.25) is 11.9 Å². The minimum absolute atomic E-state index is 0.0404. The van der Waals surface area contributed by atoms with Crippen LogP contribution in [-0.4, -0.2) is 16.0 Å². The lowest BCUT2D eigenvalue weighted by Crippen LogP contribution is -2.31. The van der Waals surface area contributed by atoms with Gasteiger partial charge in [0, 0.05) is 29.8 Å². The van der Waals surface area contributed by atoms with E-state index in [1.54, 1.807) is 36.4 Å². The number of benzene rings is 2. The van der Waals surface area contributed by atoms with Crippen LogP contribution in [0.3, 0.4) is 0 Å². The van der Waals surface area contributed by atoms with Gasteiger partial charge in [-0.25, -0.2) is 0 Å². The maximum atomic E-state index is 12.2. The van der Waals surface area contributed by atoms with Crippen molar-refractivity contribution in [1.29, 1.82) is 0 Å². The van der Waals surface area contributed by atoms with Gasteiger partial charge in [-0.1, -0.05) is 18.2 Å². The topological polar surface area (TPSA) is 113 Å². The van der Waals surface area contributed by atoms with Crippen LogP contribution in [-0.2, 0) is 0 Å². The number of nitrogens with zero attached hydrogens (tertiary/aromatic N) is 3. The minimum Gasteiger partial charge on any atom is -0.539 e. The van der Waals surface area contributed by atoms with Gasteiger partial charge in [-0.3, -0.25) is 14.9 Å². The Labute approximate surface area is 141 Å². The first-order valence-electron chi connectivity index (χ1n) is 7.16. The Morgan fingerprint density at radius 1 is 1.20 bits per heavy atom.